The Kier molecular flexibility index (Phi) is 10.1. The fourth-order valence-electron chi connectivity index (χ4n) is 7.67. The third kappa shape index (κ3) is 6.98. The summed E-state index contributed by atoms with van der Waals surface area (Å²) < 4.78 is 24.7. The van der Waals surface area contributed by atoms with E-state index in [9.17, 15) is 9.90 Å². The van der Waals surface area contributed by atoms with Crippen molar-refractivity contribution in [2.24, 2.45) is 0 Å². The Bertz CT molecular complexity index is 1940. The van der Waals surface area contributed by atoms with Crippen LogP contribution in [0.2, 0.25) is 0 Å². The highest BCUT2D eigenvalue weighted by atomic mass is 16.5. The third-order valence-electron chi connectivity index (χ3n) is 10.4. The standard InChI is InChI=1S/C39H46N6O6/c1-48-34-22-28(23-35(49-2)36(34)50-3)37(47)44-19-14-39(27-44,29-8-6-15-40-24-29)13-18-42-16-7-17-43(21-20-42)38-41-32-9-4-5-10-33(32)45(38)25-30-11-12-31(26-46)51-30/h4-6,8-12,15,22-24,46H,7,13-14,16-21,25-27H2,1-3H3. The van der Waals surface area contributed by atoms with Gasteiger partial charge in [0.15, 0.2) is 11.5 Å². The highest BCUT2D eigenvalue weighted by Crippen LogP contribution is 2.41. The van der Waals surface area contributed by atoms with Gasteiger partial charge >= 0.3 is 0 Å². The fourth-order valence-corrected chi connectivity index (χ4v) is 7.67. The molecular formula is C39H46N6O6. The summed E-state index contributed by atoms with van der Waals surface area (Å²) >= 11 is 0. The number of nitrogens with zero attached hydrogens (tertiary/aromatic N) is 6. The van der Waals surface area contributed by atoms with Crippen LogP contribution in [-0.2, 0) is 18.6 Å². The maximum atomic E-state index is 14.0. The Morgan fingerprint density at radius 3 is 2.45 bits per heavy atom. The van der Waals surface area contributed by atoms with Crippen molar-refractivity contribution in [1.82, 2.24) is 24.3 Å². The molecule has 1 N–H and O–H groups in total. The van der Waals surface area contributed by atoms with Crippen LogP contribution in [0.15, 0.2) is 77.5 Å². The maximum absolute atomic E-state index is 14.0. The molecule has 0 spiro atoms. The molecular weight excluding hydrogens is 648 g/mol. The summed E-state index contributed by atoms with van der Waals surface area (Å²) in [5, 5.41) is 9.53. The van der Waals surface area contributed by atoms with Gasteiger partial charge in [-0.05, 0) is 80.4 Å². The number of aliphatic hydroxyl groups excluding tert-OH is 1. The van der Waals surface area contributed by atoms with Gasteiger partial charge in [0, 0.05) is 56.1 Å². The molecule has 12 heteroatoms. The van der Waals surface area contributed by atoms with Crippen molar-refractivity contribution < 1.29 is 28.5 Å². The molecule has 12 nitrogen and oxygen atoms in total. The van der Waals surface area contributed by atoms with Crippen LogP contribution in [0, 0.1) is 0 Å². The van der Waals surface area contributed by atoms with Crippen LogP contribution in [0.1, 0.15) is 46.7 Å². The number of para-hydroxylation sites is 2. The van der Waals surface area contributed by atoms with Crippen molar-refractivity contribution in [2.45, 2.75) is 37.8 Å². The third-order valence-corrected chi connectivity index (χ3v) is 10.4. The number of amides is 1. The van der Waals surface area contributed by atoms with Gasteiger partial charge < -0.3 is 43.0 Å². The normalized spacial score (nSPS) is 18.3. The van der Waals surface area contributed by atoms with E-state index < -0.39 is 0 Å². The Morgan fingerprint density at radius 2 is 1.73 bits per heavy atom. The number of anilines is 1. The molecule has 2 aliphatic heterocycles. The molecule has 3 aromatic heterocycles. The fraction of sp³-hybridized carbons (Fsp3) is 0.410. The number of carbonyl (C=O) groups excluding carboxylic acids is 1. The molecule has 1 unspecified atom stereocenters. The van der Waals surface area contributed by atoms with Gasteiger partial charge in [0.05, 0.1) is 38.9 Å². The van der Waals surface area contributed by atoms with Crippen molar-refractivity contribution in [3.63, 3.8) is 0 Å². The number of benzene rings is 2. The number of hydrogen-bond donors (Lipinski definition) is 1. The average Bonchev–Trinajstić information content (AvgIpc) is 3.88. The lowest BCUT2D eigenvalue weighted by atomic mass is 9.77. The number of aliphatic hydroxyl groups is 1. The van der Waals surface area contributed by atoms with Crippen molar-refractivity contribution in [3.8, 4) is 17.2 Å². The number of furan rings is 1. The van der Waals surface area contributed by atoms with Crippen LogP contribution in [-0.4, -0.2) is 102 Å². The molecule has 2 aromatic carbocycles. The number of rotatable bonds is 12. The van der Waals surface area contributed by atoms with Crippen LogP contribution in [0.4, 0.5) is 5.95 Å². The summed E-state index contributed by atoms with van der Waals surface area (Å²) in [7, 11) is 4.67. The first kappa shape index (κ1) is 34.4. The van der Waals surface area contributed by atoms with E-state index >= 15 is 0 Å². The second-order valence-corrected chi connectivity index (χ2v) is 13.4. The van der Waals surface area contributed by atoms with Gasteiger partial charge in [0.1, 0.15) is 18.1 Å². The first-order valence-electron chi connectivity index (χ1n) is 17.6. The second kappa shape index (κ2) is 15.0. The van der Waals surface area contributed by atoms with E-state index in [0.717, 1.165) is 80.3 Å². The Morgan fingerprint density at radius 1 is 0.922 bits per heavy atom. The average molecular weight is 695 g/mol. The Labute approximate surface area is 298 Å². The van der Waals surface area contributed by atoms with Crippen molar-refractivity contribution >= 4 is 22.9 Å². The largest absolute Gasteiger partial charge is 0.493 e. The monoisotopic (exact) mass is 694 g/mol. The van der Waals surface area contributed by atoms with Gasteiger partial charge in [-0.25, -0.2) is 4.98 Å². The van der Waals surface area contributed by atoms with E-state index in [1.807, 2.05) is 41.4 Å². The van der Waals surface area contributed by atoms with E-state index in [2.05, 4.69) is 37.5 Å². The Balaban J connectivity index is 1.07. The second-order valence-electron chi connectivity index (χ2n) is 13.4. The molecule has 1 amide bonds. The van der Waals surface area contributed by atoms with Crippen molar-refractivity contribution in [1.29, 1.82) is 0 Å². The first-order chi connectivity index (χ1) is 24.9. The predicted molar refractivity (Wildman–Crippen MR) is 194 cm³/mol. The zero-order chi connectivity index (χ0) is 35.4. The molecule has 5 aromatic rings. The smallest absolute Gasteiger partial charge is 0.254 e. The number of ether oxygens (including phenoxy) is 3. The number of carbonyl (C=O) groups is 1. The number of imidazole rings is 1. The molecule has 5 heterocycles. The first-order valence-corrected chi connectivity index (χ1v) is 17.6. The van der Waals surface area contributed by atoms with Gasteiger partial charge in [0.25, 0.3) is 5.91 Å². The molecule has 1 atom stereocenters. The SMILES string of the molecule is COc1cc(C(=O)N2CCC(CCN3CCCN(c4nc5ccccc5n4Cc4ccc(CO)o4)CC3)(c3cccnc3)C2)cc(OC)c1OC. The summed E-state index contributed by atoms with van der Waals surface area (Å²) in [6.45, 7) is 6.17. The van der Waals surface area contributed by atoms with Gasteiger partial charge in [-0.15, -0.1) is 0 Å². The summed E-state index contributed by atoms with van der Waals surface area (Å²) in [5.74, 6) is 3.60. The molecule has 0 saturated carbocycles. The number of fused-ring (bicyclic) bond motifs is 1. The number of pyridine rings is 1. The van der Waals surface area contributed by atoms with Gasteiger partial charge in [0.2, 0.25) is 11.7 Å². The molecule has 7 rings (SSSR count). The van der Waals surface area contributed by atoms with Gasteiger partial charge in [-0.3, -0.25) is 9.78 Å². The summed E-state index contributed by atoms with van der Waals surface area (Å²) in [4.78, 5) is 30.4. The summed E-state index contributed by atoms with van der Waals surface area (Å²) in [5.41, 5.74) is 3.46. The number of methoxy groups -OCH3 is 3. The minimum Gasteiger partial charge on any atom is -0.493 e. The van der Waals surface area contributed by atoms with E-state index in [1.54, 1.807) is 39.7 Å². The van der Waals surface area contributed by atoms with Crippen LogP contribution < -0.4 is 19.1 Å². The number of aromatic nitrogens is 3. The molecule has 0 aliphatic carbocycles. The van der Waals surface area contributed by atoms with Crippen molar-refractivity contribution in [2.75, 3.05) is 72.0 Å². The molecule has 268 valence electrons. The number of likely N-dealkylation sites (tertiary alicyclic amines) is 1. The molecule has 2 aliphatic rings. The van der Waals surface area contributed by atoms with E-state index in [1.165, 1.54) is 0 Å². The van der Waals surface area contributed by atoms with Crippen LogP contribution >= 0.6 is 0 Å². The van der Waals surface area contributed by atoms with E-state index in [4.69, 9.17) is 23.6 Å². The van der Waals surface area contributed by atoms with Crippen LogP contribution in [0.3, 0.4) is 0 Å². The summed E-state index contributed by atoms with van der Waals surface area (Å²) in [6, 6.07) is 19.6. The molecule has 2 fully saturated rings. The minimum atomic E-state index is -0.221. The van der Waals surface area contributed by atoms with Crippen molar-refractivity contribution in [3.05, 3.63) is 95.7 Å². The summed E-state index contributed by atoms with van der Waals surface area (Å²) in [6.07, 6.45) is 6.53. The molecule has 0 bridgehead atoms. The lowest BCUT2D eigenvalue weighted by Crippen LogP contribution is -2.39. The quantitative estimate of drug-likeness (QED) is 0.192. The van der Waals surface area contributed by atoms with Crippen LogP contribution in [0.5, 0.6) is 17.2 Å². The molecule has 0 radical (unpaired) electrons. The van der Waals surface area contributed by atoms with E-state index in [-0.39, 0.29) is 17.9 Å². The van der Waals surface area contributed by atoms with Crippen LogP contribution in [0.25, 0.3) is 11.0 Å². The lowest BCUT2D eigenvalue weighted by Gasteiger charge is -2.32. The number of hydrogen-bond acceptors (Lipinski definition) is 10. The molecule has 51 heavy (non-hydrogen) atoms. The molecule has 2 saturated heterocycles. The lowest BCUT2D eigenvalue weighted by molar-refractivity contribution is 0.0780. The topological polar surface area (TPSA) is 119 Å². The predicted octanol–water partition coefficient (Wildman–Crippen LogP) is 4.98. The highest BCUT2D eigenvalue weighted by molar-refractivity contribution is 5.96. The highest BCUT2D eigenvalue weighted by Gasteiger charge is 2.42. The van der Waals surface area contributed by atoms with Gasteiger partial charge in [-0.1, -0.05) is 18.2 Å². The van der Waals surface area contributed by atoms with Gasteiger partial charge in [-0.2, -0.15) is 0 Å². The van der Waals surface area contributed by atoms with E-state index in [0.29, 0.717) is 48.2 Å². The zero-order valence-corrected chi connectivity index (χ0v) is 29.6. The maximum Gasteiger partial charge on any atom is 0.254 e. The minimum absolute atomic E-state index is 0.0598. The Hall–Kier alpha value is -5.07. The zero-order valence-electron chi connectivity index (χ0n) is 29.6.